The monoisotopic (exact) mass is 1590 g/mol. The van der Waals surface area contributed by atoms with Crippen LogP contribution in [0.15, 0.2) is 228 Å². The maximum Gasteiger partial charge on any atom is 0.121 e. The number of furan rings is 1. The van der Waals surface area contributed by atoms with E-state index in [1.54, 1.807) is 28.9 Å². The van der Waals surface area contributed by atoms with Crippen LogP contribution in [0, 0.1) is 0 Å². The van der Waals surface area contributed by atoms with E-state index in [1.807, 2.05) is 116 Å². The van der Waals surface area contributed by atoms with E-state index >= 15 is 0 Å². The maximum absolute atomic E-state index is 5.99. The minimum atomic E-state index is 0.244. The smallest absolute Gasteiger partial charge is 0.121 e. The van der Waals surface area contributed by atoms with Gasteiger partial charge in [-0.3, -0.25) is 44.5 Å². The van der Waals surface area contributed by atoms with Gasteiger partial charge in [-0.2, -0.15) is 11.3 Å². The van der Waals surface area contributed by atoms with Crippen molar-refractivity contribution in [2.24, 2.45) is 22.9 Å². The second-order valence-corrected chi connectivity index (χ2v) is 32.6. The molecule has 16 aromatic rings. The molecule has 24 heteroatoms. The third-order valence-corrected chi connectivity index (χ3v) is 25.2. The number of nitrogens with zero attached hydrogens (tertiary/aromatic N) is 13. The van der Waals surface area contributed by atoms with Gasteiger partial charge in [0.15, 0.2) is 0 Å². The lowest BCUT2D eigenvalue weighted by atomic mass is 9.90. The fraction of sp³-hybridized carbons (Fsp3) is 0.301. The molecule has 4 aliphatic carbocycles. The number of H-pyrrole nitrogens is 4. The fourth-order valence-electron chi connectivity index (χ4n) is 17.7. The van der Waals surface area contributed by atoms with E-state index in [2.05, 4.69) is 146 Å². The van der Waals surface area contributed by atoms with Crippen LogP contribution in [0.5, 0.6) is 0 Å². The van der Waals surface area contributed by atoms with Crippen molar-refractivity contribution in [3.63, 3.8) is 0 Å². The Bertz CT molecular complexity index is 5380. The van der Waals surface area contributed by atoms with E-state index in [0.717, 1.165) is 188 Å². The zero-order valence-corrected chi connectivity index (χ0v) is 67.6. The molecular weight excluding hydrogens is 1490 g/mol. The van der Waals surface area contributed by atoms with Gasteiger partial charge < -0.3 is 47.3 Å². The van der Waals surface area contributed by atoms with E-state index in [0.29, 0.717) is 51.4 Å². The SMILES string of the molecule is NCc1cocc1CN(Cc1nc2ccccc2[nH]1)C1CCCc2cccnc21.NCc1cscc1CN(Cc1nc2ccccc2[nH]1)C1CCCc2cccnc21.NCc1ncccc1CN(Cc1nc2ccccc2[nH]1)C1CCCc2cccnc21.NCc1sccc1CN(Cc1nc2ccccc2[nH]1)C1CCCc2cccnc21. The summed E-state index contributed by atoms with van der Waals surface area (Å²) in [6.07, 6.45) is 26.6. The molecule has 4 aromatic carbocycles. The predicted octanol–water partition coefficient (Wildman–Crippen LogP) is 17.1. The summed E-state index contributed by atoms with van der Waals surface area (Å²) in [4.78, 5) is 68.1. The van der Waals surface area contributed by atoms with Crippen molar-refractivity contribution in [3.8, 4) is 0 Å². The van der Waals surface area contributed by atoms with Gasteiger partial charge in [-0.15, -0.1) is 11.3 Å². The Kier molecular flexibility index (Phi) is 25.1. The fourth-order valence-corrected chi connectivity index (χ4v) is 19.3. The molecule has 0 radical (unpaired) electrons. The number of nitrogens with two attached hydrogens (primary N) is 4. The summed E-state index contributed by atoms with van der Waals surface area (Å²) in [5.74, 6) is 3.93. The molecule has 0 aliphatic heterocycles. The normalized spacial score (nSPS) is 16.3. The van der Waals surface area contributed by atoms with Gasteiger partial charge in [0.1, 0.15) is 23.3 Å². The zero-order chi connectivity index (χ0) is 79.2. The van der Waals surface area contributed by atoms with Gasteiger partial charge in [0, 0.05) is 99.3 Å². The van der Waals surface area contributed by atoms with Crippen LogP contribution in [0.4, 0.5) is 0 Å². The van der Waals surface area contributed by atoms with Crippen LogP contribution in [-0.2, 0) is 104 Å². The van der Waals surface area contributed by atoms with E-state index in [4.69, 9.17) is 67.2 Å². The van der Waals surface area contributed by atoms with Gasteiger partial charge in [0.05, 0.1) is 135 Å². The number of fused-ring (bicyclic) bond motifs is 8. The molecule has 4 aliphatic rings. The quantitative estimate of drug-likeness (QED) is 0.0279. The molecule has 22 nitrogen and oxygen atoms in total. The number of pyridine rings is 5. The van der Waals surface area contributed by atoms with E-state index < -0.39 is 0 Å². The Morgan fingerprint density at radius 1 is 0.333 bits per heavy atom. The number of thiophene rings is 2. The minimum Gasteiger partial charge on any atom is -0.472 e. The second kappa shape index (κ2) is 37.4. The van der Waals surface area contributed by atoms with Crippen LogP contribution in [0.3, 0.4) is 0 Å². The first-order valence-electron chi connectivity index (χ1n) is 41.1. The van der Waals surface area contributed by atoms with Gasteiger partial charge in [0.2, 0.25) is 0 Å². The highest BCUT2D eigenvalue weighted by atomic mass is 32.1. The van der Waals surface area contributed by atoms with Crippen molar-refractivity contribution < 1.29 is 4.42 Å². The first-order chi connectivity index (χ1) is 57.8. The molecule has 20 rings (SSSR count). The molecule has 0 spiro atoms. The number of para-hydroxylation sites is 8. The molecule has 0 bridgehead atoms. The topological polar surface area (TPSA) is 309 Å². The largest absolute Gasteiger partial charge is 0.472 e. The highest BCUT2D eigenvalue weighted by molar-refractivity contribution is 7.10. The van der Waals surface area contributed by atoms with Gasteiger partial charge in [-0.25, -0.2) is 19.9 Å². The Morgan fingerprint density at radius 2 is 0.684 bits per heavy atom. The molecule has 0 saturated carbocycles. The van der Waals surface area contributed by atoms with Crippen LogP contribution in [-0.4, -0.2) is 84.4 Å². The summed E-state index contributed by atoms with van der Waals surface area (Å²) in [5.41, 5.74) is 50.7. The Morgan fingerprint density at radius 3 is 1.07 bits per heavy atom. The summed E-state index contributed by atoms with van der Waals surface area (Å²) in [7, 11) is 0. The second-order valence-electron chi connectivity index (χ2n) is 30.9. The molecular formula is C93H101N21OS2. The maximum atomic E-state index is 5.99. The van der Waals surface area contributed by atoms with Crippen LogP contribution in [0.2, 0.25) is 0 Å². The van der Waals surface area contributed by atoms with Crippen LogP contribution >= 0.6 is 22.7 Å². The molecule has 4 atom stereocenters. The number of benzene rings is 4. The standard InChI is InChI=1S/C24H26N6.C23H25N5O.2C23H25N5S/c25-14-21-18(8-5-12-26-21)15-30(16-23-28-19-9-1-2-10-20(19)29-23)22-11-3-6-17-7-4-13-27-24(17)22;24-11-17-14-29-15-18(17)12-28(13-22-26-19-7-1-2-8-20(19)27-22)21-9-3-5-16-6-4-10-25-23(16)21;24-13-21-17(10-12-29-21)14-28(15-22-26-18-7-1-2-8-19(18)27-22)20-9-3-5-16-6-4-11-25-23(16)20;24-11-17-14-29-15-18(17)12-28(13-22-26-19-7-1-2-8-20(19)27-22)21-9-3-5-16-6-4-10-25-23(16)21/h1-2,4-5,7-10,12-13,22H,3,6,11,14-16,25H2,(H,28,29);1-2,4,6-8,10,14-15,21H,3,5,9,11-13,24H2,(H,26,27);1-2,4,6-8,10-12,20H,3,5,9,13-15,24H2,(H,26,27);1-2,4,6-8,10,14-15,21H,3,5,9,11-13,24H2,(H,26,27). The summed E-state index contributed by atoms with van der Waals surface area (Å²) in [6.45, 7) is 8.25. The van der Waals surface area contributed by atoms with E-state index in [9.17, 15) is 0 Å². The highest BCUT2D eigenvalue weighted by Crippen LogP contribution is 2.41. The number of hydrogen-bond acceptors (Lipinski definition) is 20. The summed E-state index contributed by atoms with van der Waals surface area (Å²) >= 11 is 3.47. The minimum absolute atomic E-state index is 0.244. The number of nitrogens with one attached hydrogen (secondary N) is 4. The Hall–Kier alpha value is -11.1. The van der Waals surface area contributed by atoms with Gasteiger partial charge >= 0.3 is 0 Å². The zero-order valence-electron chi connectivity index (χ0n) is 66.0. The lowest BCUT2D eigenvalue weighted by Gasteiger charge is -2.35. The average Bonchev–Trinajstić information content (AvgIpc) is 1.76. The Labute approximate surface area is 689 Å². The van der Waals surface area contributed by atoms with Gasteiger partial charge in [0.25, 0.3) is 0 Å². The molecule has 0 fully saturated rings. The molecule has 12 aromatic heterocycles. The number of aromatic amines is 4. The van der Waals surface area contributed by atoms with Crippen molar-refractivity contribution in [1.82, 2.24) is 84.4 Å². The highest BCUT2D eigenvalue weighted by Gasteiger charge is 2.34. The van der Waals surface area contributed by atoms with E-state index in [-0.39, 0.29) is 12.1 Å². The van der Waals surface area contributed by atoms with Crippen molar-refractivity contribution >= 4 is 66.8 Å². The number of aromatic nitrogens is 13. The van der Waals surface area contributed by atoms with Crippen molar-refractivity contribution in [2.45, 2.75) is 180 Å². The van der Waals surface area contributed by atoms with Crippen molar-refractivity contribution in [3.05, 3.63) is 336 Å². The summed E-state index contributed by atoms with van der Waals surface area (Å²) < 4.78 is 5.45. The van der Waals surface area contributed by atoms with Gasteiger partial charge in [-0.1, -0.05) is 78.9 Å². The molecule has 117 heavy (non-hydrogen) atoms. The Balaban J connectivity index is 0.000000112. The van der Waals surface area contributed by atoms with Gasteiger partial charge in [-0.05, 0) is 223 Å². The van der Waals surface area contributed by atoms with E-state index in [1.165, 1.54) is 85.0 Å². The average molecular weight is 1590 g/mol. The van der Waals surface area contributed by atoms with Crippen molar-refractivity contribution in [1.29, 1.82) is 0 Å². The summed E-state index contributed by atoms with van der Waals surface area (Å²) in [5, 5.41) is 6.54. The lowest BCUT2D eigenvalue weighted by molar-refractivity contribution is 0.153. The van der Waals surface area contributed by atoms with Crippen LogP contribution < -0.4 is 22.9 Å². The predicted molar refractivity (Wildman–Crippen MR) is 464 cm³/mol. The number of imidazole rings is 4. The molecule has 4 unspecified atom stereocenters. The van der Waals surface area contributed by atoms with Crippen LogP contribution in [0.1, 0.15) is 188 Å². The lowest BCUT2D eigenvalue weighted by Crippen LogP contribution is -2.32. The van der Waals surface area contributed by atoms with Crippen LogP contribution in [0.25, 0.3) is 44.1 Å². The summed E-state index contributed by atoms with van der Waals surface area (Å²) in [6, 6.07) is 57.2. The first-order valence-corrected chi connectivity index (χ1v) is 42.9. The molecule has 12 heterocycles. The first kappa shape index (κ1) is 78.4. The third-order valence-electron chi connectivity index (χ3n) is 23.4. The number of hydrogen-bond donors (Lipinski definition) is 8. The molecule has 0 saturated heterocycles. The molecule has 12 N–H and O–H groups in total. The number of rotatable bonds is 24. The van der Waals surface area contributed by atoms with Crippen molar-refractivity contribution in [2.75, 3.05) is 0 Å². The molecule has 596 valence electrons. The molecule has 0 amide bonds. The third kappa shape index (κ3) is 18.4. The number of aryl methyl sites for hydroxylation is 4.